The molecule has 2 fully saturated rings. The van der Waals surface area contributed by atoms with Crippen LogP contribution >= 0.6 is 0 Å². The maximum Gasteiger partial charge on any atom is 0.251 e. The molecule has 2 aromatic carbocycles. The van der Waals surface area contributed by atoms with Gasteiger partial charge in [-0.05, 0) is 61.8 Å². The van der Waals surface area contributed by atoms with Crippen LogP contribution in [0, 0.1) is 0 Å². The van der Waals surface area contributed by atoms with Crippen molar-refractivity contribution in [3.8, 4) is 0 Å². The molecule has 1 amide bonds. The summed E-state index contributed by atoms with van der Waals surface area (Å²) in [5.74, 6) is -0.197. The first-order chi connectivity index (χ1) is 16.4. The average molecular weight is 485 g/mol. The smallest absolute Gasteiger partial charge is 0.251 e. The third kappa shape index (κ3) is 6.88. The van der Waals surface area contributed by atoms with Crippen molar-refractivity contribution in [3.05, 3.63) is 70.8 Å². The van der Waals surface area contributed by atoms with Crippen LogP contribution in [0.2, 0.25) is 0 Å². The summed E-state index contributed by atoms with van der Waals surface area (Å²) < 4.78 is 27.0. The van der Waals surface area contributed by atoms with Crippen LogP contribution in [0.25, 0.3) is 0 Å². The molecule has 0 unspecified atom stereocenters. The average Bonchev–Trinajstić information content (AvgIpc) is 2.84. The van der Waals surface area contributed by atoms with E-state index in [4.69, 9.17) is 0 Å². The molecule has 2 aromatic rings. The van der Waals surface area contributed by atoms with E-state index in [1.807, 2.05) is 13.1 Å². The first-order valence-corrected chi connectivity index (χ1v) is 13.8. The van der Waals surface area contributed by atoms with E-state index in [0.29, 0.717) is 30.8 Å². The van der Waals surface area contributed by atoms with Crippen LogP contribution in [0.4, 0.5) is 0 Å². The molecule has 0 atom stereocenters. The lowest BCUT2D eigenvalue weighted by atomic mass is 10.1. The van der Waals surface area contributed by atoms with Crippen LogP contribution in [0.1, 0.15) is 46.3 Å². The summed E-state index contributed by atoms with van der Waals surface area (Å²) in [5.41, 5.74) is 3.59. The van der Waals surface area contributed by atoms with Crippen LogP contribution in [0.3, 0.4) is 0 Å². The van der Waals surface area contributed by atoms with Gasteiger partial charge in [-0.25, -0.2) is 8.42 Å². The predicted molar refractivity (Wildman–Crippen MR) is 135 cm³/mol. The number of nitrogens with one attached hydrogen (secondary N) is 1. The van der Waals surface area contributed by atoms with Gasteiger partial charge < -0.3 is 10.2 Å². The second-order valence-electron chi connectivity index (χ2n) is 9.49. The van der Waals surface area contributed by atoms with Crippen molar-refractivity contribution in [1.82, 2.24) is 19.4 Å². The number of likely N-dealkylation sites (tertiary alicyclic amines) is 1. The highest BCUT2D eigenvalue weighted by Crippen LogP contribution is 2.16. The Bertz CT molecular complexity index is 1060. The molecular weight excluding hydrogens is 448 g/mol. The quantitative estimate of drug-likeness (QED) is 0.624. The van der Waals surface area contributed by atoms with Crippen LogP contribution < -0.4 is 5.32 Å². The molecule has 0 aromatic heterocycles. The molecular formula is C26H36N4O3S. The standard InChI is InChI=1S/C26H36N4O3S/c1-28-14-16-30(17-15-28)34(32,33)21-22-8-10-25(11-9-22)26(31)27-19-23-6-5-7-24(18-23)20-29-12-3-2-4-13-29/h5-11,18H,2-4,12-17,19-21H2,1H3,(H,27,31). The lowest BCUT2D eigenvalue weighted by molar-refractivity contribution is 0.0951. The Labute approximate surface area is 203 Å². The summed E-state index contributed by atoms with van der Waals surface area (Å²) in [6, 6.07) is 15.3. The molecule has 1 N–H and O–H groups in total. The van der Waals surface area contributed by atoms with Crippen molar-refractivity contribution >= 4 is 15.9 Å². The number of sulfonamides is 1. The fraction of sp³-hybridized carbons (Fsp3) is 0.500. The zero-order chi connectivity index (χ0) is 24.0. The Balaban J connectivity index is 1.29. The molecule has 0 radical (unpaired) electrons. The molecule has 8 heteroatoms. The molecule has 0 saturated carbocycles. The van der Waals surface area contributed by atoms with E-state index in [-0.39, 0.29) is 11.7 Å². The van der Waals surface area contributed by atoms with Gasteiger partial charge in [0.2, 0.25) is 10.0 Å². The third-order valence-electron chi connectivity index (χ3n) is 6.72. The normalized spacial score (nSPS) is 18.6. The summed E-state index contributed by atoms with van der Waals surface area (Å²) in [4.78, 5) is 17.3. The molecule has 7 nitrogen and oxygen atoms in total. The van der Waals surface area contributed by atoms with E-state index < -0.39 is 10.0 Å². The number of carbonyl (C=O) groups is 1. The fourth-order valence-electron chi connectivity index (χ4n) is 4.62. The summed E-state index contributed by atoms with van der Waals surface area (Å²) in [5, 5.41) is 2.99. The lowest BCUT2D eigenvalue weighted by Gasteiger charge is -2.31. The van der Waals surface area contributed by atoms with Crippen molar-refractivity contribution in [1.29, 1.82) is 0 Å². The van der Waals surface area contributed by atoms with Crippen molar-refractivity contribution < 1.29 is 13.2 Å². The van der Waals surface area contributed by atoms with Crippen molar-refractivity contribution in [2.75, 3.05) is 46.3 Å². The number of hydrogen-bond donors (Lipinski definition) is 1. The van der Waals surface area contributed by atoms with Gasteiger partial charge in [0.25, 0.3) is 5.91 Å². The Morgan fingerprint density at radius 2 is 1.53 bits per heavy atom. The second kappa shape index (κ2) is 11.4. The molecule has 0 aliphatic carbocycles. The molecule has 2 saturated heterocycles. The van der Waals surface area contributed by atoms with Gasteiger partial charge in [-0.2, -0.15) is 4.31 Å². The van der Waals surface area contributed by atoms with Crippen LogP contribution in [0.5, 0.6) is 0 Å². The number of amides is 1. The number of hydrogen-bond acceptors (Lipinski definition) is 5. The molecule has 4 rings (SSSR count). The zero-order valence-corrected chi connectivity index (χ0v) is 20.9. The molecule has 2 heterocycles. The number of rotatable bonds is 8. The first kappa shape index (κ1) is 24.9. The van der Waals surface area contributed by atoms with E-state index in [1.54, 1.807) is 28.6 Å². The highest BCUT2D eigenvalue weighted by Gasteiger charge is 2.25. The van der Waals surface area contributed by atoms with E-state index >= 15 is 0 Å². The molecule has 184 valence electrons. The maximum absolute atomic E-state index is 12.7. The van der Waals surface area contributed by atoms with Crippen molar-refractivity contribution in [2.45, 2.75) is 38.1 Å². The van der Waals surface area contributed by atoms with Gasteiger partial charge in [0.15, 0.2) is 0 Å². The summed E-state index contributed by atoms with van der Waals surface area (Å²) >= 11 is 0. The maximum atomic E-state index is 12.7. The number of piperazine rings is 1. The summed E-state index contributed by atoms with van der Waals surface area (Å²) in [6.07, 6.45) is 3.88. The molecule has 34 heavy (non-hydrogen) atoms. The monoisotopic (exact) mass is 484 g/mol. The third-order valence-corrected chi connectivity index (χ3v) is 8.57. The predicted octanol–water partition coefficient (Wildman–Crippen LogP) is 2.68. The fourth-order valence-corrected chi connectivity index (χ4v) is 6.13. The molecule has 0 spiro atoms. The van der Waals surface area contributed by atoms with Gasteiger partial charge >= 0.3 is 0 Å². The van der Waals surface area contributed by atoms with Crippen molar-refractivity contribution in [3.63, 3.8) is 0 Å². The van der Waals surface area contributed by atoms with E-state index in [9.17, 15) is 13.2 Å². The van der Waals surface area contributed by atoms with Gasteiger partial charge in [-0.1, -0.05) is 42.8 Å². The number of carbonyl (C=O) groups excluding carboxylic acids is 1. The Hall–Kier alpha value is -2.26. The minimum Gasteiger partial charge on any atom is -0.348 e. The highest BCUT2D eigenvalue weighted by atomic mass is 32.2. The molecule has 0 bridgehead atoms. The number of nitrogens with zero attached hydrogens (tertiary/aromatic N) is 3. The largest absolute Gasteiger partial charge is 0.348 e. The van der Waals surface area contributed by atoms with E-state index in [2.05, 4.69) is 33.3 Å². The van der Waals surface area contributed by atoms with Crippen LogP contribution in [-0.4, -0.2) is 74.7 Å². The molecule has 2 aliphatic heterocycles. The lowest BCUT2D eigenvalue weighted by Crippen LogP contribution is -2.47. The minimum absolute atomic E-state index is 0.0393. The minimum atomic E-state index is -3.35. The first-order valence-electron chi connectivity index (χ1n) is 12.2. The Morgan fingerprint density at radius 3 is 2.24 bits per heavy atom. The topological polar surface area (TPSA) is 73.0 Å². The van der Waals surface area contributed by atoms with Gasteiger partial charge in [0.1, 0.15) is 0 Å². The zero-order valence-electron chi connectivity index (χ0n) is 20.1. The van der Waals surface area contributed by atoms with Gasteiger partial charge in [-0.15, -0.1) is 0 Å². The van der Waals surface area contributed by atoms with Crippen LogP contribution in [0.15, 0.2) is 48.5 Å². The van der Waals surface area contributed by atoms with E-state index in [0.717, 1.165) is 38.3 Å². The number of benzene rings is 2. The van der Waals surface area contributed by atoms with Gasteiger partial charge in [0, 0.05) is 44.8 Å². The SMILES string of the molecule is CN1CCN(S(=O)(=O)Cc2ccc(C(=O)NCc3cccc(CN4CCCCC4)c3)cc2)CC1. The number of piperidine rings is 1. The molecule has 2 aliphatic rings. The van der Waals surface area contributed by atoms with Crippen LogP contribution in [-0.2, 0) is 28.9 Å². The van der Waals surface area contributed by atoms with E-state index in [1.165, 1.54) is 24.8 Å². The number of likely N-dealkylation sites (N-methyl/N-ethyl adjacent to an activating group) is 1. The summed E-state index contributed by atoms with van der Waals surface area (Å²) in [7, 11) is -1.35. The summed E-state index contributed by atoms with van der Waals surface area (Å²) in [6.45, 7) is 6.30. The van der Waals surface area contributed by atoms with Crippen molar-refractivity contribution in [2.24, 2.45) is 0 Å². The second-order valence-corrected chi connectivity index (χ2v) is 11.5. The van der Waals surface area contributed by atoms with Gasteiger partial charge in [0.05, 0.1) is 5.75 Å². The highest BCUT2D eigenvalue weighted by molar-refractivity contribution is 7.88. The Morgan fingerprint density at radius 1 is 0.853 bits per heavy atom. The van der Waals surface area contributed by atoms with Gasteiger partial charge in [-0.3, -0.25) is 9.69 Å². The Kier molecular flexibility index (Phi) is 8.37.